The molecule has 0 aromatic rings. The van der Waals surface area contributed by atoms with Gasteiger partial charge in [0.05, 0.1) is 22.7 Å². The van der Waals surface area contributed by atoms with Crippen LogP contribution in [0.3, 0.4) is 0 Å². The monoisotopic (exact) mass is 480 g/mol. The van der Waals surface area contributed by atoms with Crippen LogP contribution >= 0.6 is 0 Å². The van der Waals surface area contributed by atoms with Crippen molar-refractivity contribution < 1.29 is 39.6 Å². The minimum atomic E-state index is -1.08. The molecule has 4 N–H and O–H groups in total. The molecule has 0 aromatic heterocycles. The first kappa shape index (κ1) is 26.5. The van der Waals surface area contributed by atoms with E-state index in [2.05, 4.69) is 0 Å². The maximum absolute atomic E-state index is 12.5. The van der Waals surface area contributed by atoms with E-state index in [4.69, 9.17) is 10.2 Å². The largest absolute Gasteiger partial charge is 0.481 e. The highest BCUT2D eigenvalue weighted by atomic mass is 16.4. The van der Waals surface area contributed by atoms with Gasteiger partial charge in [-0.05, 0) is 48.3 Å². The molecule has 4 rings (SSSR count). The van der Waals surface area contributed by atoms with Gasteiger partial charge in [-0.2, -0.15) is 0 Å². The lowest BCUT2D eigenvalue weighted by Gasteiger charge is -2.35. The van der Waals surface area contributed by atoms with Gasteiger partial charge in [-0.15, -0.1) is 0 Å². The summed E-state index contributed by atoms with van der Waals surface area (Å²) in [5, 5.41) is 37.6. The van der Waals surface area contributed by atoms with Crippen LogP contribution in [0.4, 0.5) is 0 Å². The molecule has 0 amide bonds. The average molecular weight is 481 g/mol. The molecule has 0 aliphatic heterocycles. The molecule has 4 aliphatic carbocycles. The highest BCUT2D eigenvalue weighted by Crippen LogP contribution is 2.86. The molecule has 4 atom stereocenters. The molecule has 0 saturated heterocycles. The summed E-state index contributed by atoms with van der Waals surface area (Å²) in [6.07, 6.45) is 9.94. The van der Waals surface area contributed by atoms with Crippen LogP contribution in [0, 0.1) is 45.3 Å². The van der Waals surface area contributed by atoms with Crippen molar-refractivity contribution in [3.63, 3.8) is 0 Å². The van der Waals surface area contributed by atoms with E-state index in [9.17, 15) is 29.4 Å². The summed E-state index contributed by atoms with van der Waals surface area (Å²) in [5.41, 5.74) is -3.39. The van der Waals surface area contributed by atoms with Crippen molar-refractivity contribution in [1.29, 1.82) is 0 Å². The maximum Gasteiger partial charge on any atom is 0.311 e. The Labute approximate surface area is 201 Å². The number of carboxylic acids is 4. The van der Waals surface area contributed by atoms with Crippen molar-refractivity contribution in [2.24, 2.45) is 45.3 Å². The topological polar surface area (TPSA) is 149 Å². The number of hydrogen-bond acceptors (Lipinski definition) is 4. The summed E-state index contributed by atoms with van der Waals surface area (Å²) in [7, 11) is 0. The Kier molecular flexibility index (Phi) is 6.88. The highest BCUT2D eigenvalue weighted by molar-refractivity contribution is 5.96. The molecule has 8 nitrogen and oxygen atoms in total. The standard InChI is InChI=1S/C19H30O4.C7H10O4/c1-17(2)18(15(20)21,13-9-5-3-6-10-13)19(17,16(22)23)14-11-7-4-8-12-14;1-7(2)3(5(8)9)4(7)6(10)11/h13-14H,3-12H2,1-2H3,(H,20,21)(H,22,23);3-4H,1-2H3,(H,8,9)(H,10,11). The second-order valence-corrected chi connectivity index (χ2v) is 12.0. The molecule has 8 heteroatoms. The number of rotatable bonds is 6. The van der Waals surface area contributed by atoms with Crippen molar-refractivity contribution in [1.82, 2.24) is 0 Å². The Morgan fingerprint density at radius 3 is 1.06 bits per heavy atom. The lowest BCUT2D eigenvalue weighted by Crippen LogP contribution is -2.41. The van der Waals surface area contributed by atoms with Crippen LogP contribution in [0.5, 0.6) is 0 Å². The fraction of sp³-hybridized carbons (Fsp3) is 0.846. The van der Waals surface area contributed by atoms with E-state index in [0.29, 0.717) is 0 Å². The third-order valence-corrected chi connectivity index (χ3v) is 10.0. The van der Waals surface area contributed by atoms with E-state index in [1.807, 2.05) is 13.8 Å². The van der Waals surface area contributed by atoms with Gasteiger partial charge in [0.1, 0.15) is 0 Å². The van der Waals surface area contributed by atoms with Crippen LogP contribution in [-0.4, -0.2) is 44.3 Å². The fourth-order valence-electron chi connectivity index (χ4n) is 8.46. The Morgan fingerprint density at radius 1 is 0.559 bits per heavy atom. The van der Waals surface area contributed by atoms with E-state index in [-0.39, 0.29) is 11.8 Å². The predicted octanol–water partition coefficient (Wildman–Crippen LogP) is 4.76. The van der Waals surface area contributed by atoms with Crippen molar-refractivity contribution in [3.05, 3.63) is 0 Å². The van der Waals surface area contributed by atoms with Crippen LogP contribution in [0.2, 0.25) is 0 Å². The third-order valence-electron chi connectivity index (χ3n) is 10.0. The summed E-state index contributed by atoms with van der Waals surface area (Å²) in [6.45, 7) is 7.14. The van der Waals surface area contributed by atoms with E-state index in [1.165, 1.54) is 0 Å². The first-order valence-corrected chi connectivity index (χ1v) is 12.7. The predicted molar refractivity (Wildman–Crippen MR) is 123 cm³/mol. The number of hydrogen-bond donors (Lipinski definition) is 4. The summed E-state index contributed by atoms with van der Waals surface area (Å²) in [6, 6.07) is 0. The van der Waals surface area contributed by atoms with Crippen LogP contribution in [0.15, 0.2) is 0 Å². The zero-order valence-corrected chi connectivity index (χ0v) is 20.8. The molecule has 0 radical (unpaired) electrons. The van der Waals surface area contributed by atoms with E-state index < -0.39 is 57.4 Å². The molecule has 0 spiro atoms. The summed E-state index contributed by atoms with van der Waals surface area (Å²) in [5.74, 6) is -5.13. The normalized spacial score (nSPS) is 36.5. The Bertz CT molecular complexity index is 783. The molecular formula is C26H40O8. The fourth-order valence-corrected chi connectivity index (χ4v) is 8.46. The van der Waals surface area contributed by atoms with Gasteiger partial charge in [0.2, 0.25) is 0 Å². The van der Waals surface area contributed by atoms with Gasteiger partial charge < -0.3 is 20.4 Å². The lowest BCUT2D eigenvalue weighted by molar-refractivity contribution is -0.160. The third kappa shape index (κ3) is 3.46. The molecule has 0 aromatic carbocycles. The van der Waals surface area contributed by atoms with Crippen LogP contribution in [-0.2, 0) is 19.2 Å². The Morgan fingerprint density at radius 2 is 0.853 bits per heavy atom. The van der Waals surface area contributed by atoms with Crippen molar-refractivity contribution in [2.45, 2.75) is 91.9 Å². The van der Waals surface area contributed by atoms with Gasteiger partial charge in [-0.3, -0.25) is 19.2 Å². The minimum Gasteiger partial charge on any atom is -0.481 e. The van der Waals surface area contributed by atoms with Crippen LogP contribution in [0.25, 0.3) is 0 Å². The first-order chi connectivity index (χ1) is 15.7. The summed E-state index contributed by atoms with van der Waals surface area (Å²) in [4.78, 5) is 45.9. The lowest BCUT2D eigenvalue weighted by atomic mass is 9.67. The van der Waals surface area contributed by atoms with Gasteiger partial charge in [0.15, 0.2) is 0 Å². The summed E-state index contributed by atoms with van der Waals surface area (Å²) < 4.78 is 0. The van der Waals surface area contributed by atoms with Crippen molar-refractivity contribution in [2.75, 3.05) is 0 Å². The molecule has 0 heterocycles. The second kappa shape index (κ2) is 8.83. The Balaban J connectivity index is 0.000000248. The molecule has 192 valence electrons. The Hall–Kier alpha value is -2.12. The summed E-state index contributed by atoms with van der Waals surface area (Å²) >= 11 is 0. The van der Waals surface area contributed by atoms with E-state index >= 15 is 0 Å². The van der Waals surface area contributed by atoms with Crippen molar-refractivity contribution >= 4 is 23.9 Å². The van der Waals surface area contributed by atoms with Gasteiger partial charge in [-0.25, -0.2) is 0 Å². The molecule has 0 bridgehead atoms. The van der Waals surface area contributed by atoms with Crippen LogP contribution < -0.4 is 0 Å². The number of aliphatic carboxylic acids is 4. The van der Waals surface area contributed by atoms with Gasteiger partial charge in [-0.1, -0.05) is 66.2 Å². The molecule has 4 aliphatic rings. The second-order valence-electron chi connectivity index (χ2n) is 12.0. The number of carbonyl (C=O) groups is 4. The maximum atomic E-state index is 12.5. The van der Waals surface area contributed by atoms with Gasteiger partial charge >= 0.3 is 23.9 Å². The number of carboxylic acid groups (broad SMARTS) is 4. The average Bonchev–Trinajstić information content (AvgIpc) is 3.52. The van der Waals surface area contributed by atoms with Crippen molar-refractivity contribution in [3.8, 4) is 0 Å². The van der Waals surface area contributed by atoms with Gasteiger partial charge in [0.25, 0.3) is 0 Å². The quantitative estimate of drug-likeness (QED) is 0.425. The first-order valence-electron chi connectivity index (χ1n) is 12.7. The molecule has 4 unspecified atom stereocenters. The van der Waals surface area contributed by atoms with Gasteiger partial charge in [0, 0.05) is 0 Å². The minimum absolute atomic E-state index is 0.0155. The molecule has 4 saturated carbocycles. The molecule has 4 fully saturated rings. The van der Waals surface area contributed by atoms with E-state index in [1.54, 1.807) is 13.8 Å². The highest BCUT2D eigenvalue weighted by Gasteiger charge is 2.92. The zero-order chi connectivity index (χ0) is 25.7. The van der Waals surface area contributed by atoms with Crippen LogP contribution in [0.1, 0.15) is 91.9 Å². The SMILES string of the molecule is CC1(C)C(C(=O)O)(C2CCCCC2)C1(C(=O)O)C1CCCCC1.CC1(C)C(C(=O)O)C1C(=O)O. The zero-order valence-electron chi connectivity index (χ0n) is 20.8. The molecular weight excluding hydrogens is 440 g/mol. The smallest absolute Gasteiger partial charge is 0.311 e. The molecule has 34 heavy (non-hydrogen) atoms. The van der Waals surface area contributed by atoms with E-state index in [0.717, 1.165) is 64.2 Å².